The summed E-state index contributed by atoms with van der Waals surface area (Å²) in [4.78, 5) is 27.0. The van der Waals surface area contributed by atoms with Gasteiger partial charge in [0.25, 0.3) is 5.91 Å². The van der Waals surface area contributed by atoms with Gasteiger partial charge in [0.2, 0.25) is 0 Å². The van der Waals surface area contributed by atoms with Gasteiger partial charge in [-0.25, -0.2) is 9.78 Å². The molecule has 120 valence electrons. The van der Waals surface area contributed by atoms with Crippen LogP contribution in [0, 0.1) is 0 Å². The zero-order chi connectivity index (χ0) is 16.7. The fourth-order valence-electron chi connectivity index (χ4n) is 1.49. The molecule has 1 aromatic heterocycles. The van der Waals surface area contributed by atoms with Gasteiger partial charge in [-0.3, -0.25) is 4.79 Å². The van der Waals surface area contributed by atoms with Crippen LogP contribution in [0.5, 0.6) is 5.75 Å². The molecule has 0 saturated carbocycles. The highest BCUT2D eigenvalue weighted by Crippen LogP contribution is 2.15. The van der Waals surface area contributed by atoms with Crippen molar-refractivity contribution in [2.45, 2.75) is 0 Å². The quantitative estimate of drug-likeness (QED) is 0.807. The van der Waals surface area contributed by atoms with Crippen LogP contribution in [0.4, 0.5) is 5.82 Å². The molecular formula is C15H12Cl2N2O4. The number of rotatable bonds is 6. The van der Waals surface area contributed by atoms with E-state index in [0.29, 0.717) is 21.6 Å². The molecule has 0 aliphatic carbocycles. The number of aromatic nitrogens is 1. The topological polar surface area (TPSA) is 77.5 Å². The van der Waals surface area contributed by atoms with E-state index in [1.54, 1.807) is 30.3 Å². The van der Waals surface area contributed by atoms with Crippen LogP contribution in [0.25, 0.3) is 0 Å². The van der Waals surface area contributed by atoms with Crippen LogP contribution in [0.2, 0.25) is 10.0 Å². The zero-order valence-electron chi connectivity index (χ0n) is 11.8. The van der Waals surface area contributed by atoms with Crippen molar-refractivity contribution in [2.24, 2.45) is 0 Å². The summed E-state index contributed by atoms with van der Waals surface area (Å²) in [6.07, 6.45) is 1.39. The molecule has 6 nitrogen and oxygen atoms in total. The smallest absolute Gasteiger partial charge is 0.344 e. The predicted molar refractivity (Wildman–Crippen MR) is 85.8 cm³/mol. The lowest BCUT2D eigenvalue weighted by Crippen LogP contribution is -2.24. The van der Waals surface area contributed by atoms with Gasteiger partial charge < -0.3 is 14.8 Å². The van der Waals surface area contributed by atoms with E-state index in [1.807, 2.05) is 0 Å². The molecule has 0 spiro atoms. The summed E-state index contributed by atoms with van der Waals surface area (Å²) in [5.41, 5.74) is 0. The first-order chi connectivity index (χ1) is 11.0. The molecule has 0 saturated heterocycles. The number of esters is 1. The van der Waals surface area contributed by atoms with Crippen molar-refractivity contribution in [3.63, 3.8) is 0 Å². The molecule has 2 rings (SSSR count). The van der Waals surface area contributed by atoms with Gasteiger partial charge in [-0.05, 0) is 36.4 Å². The highest BCUT2D eigenvalue weighted by atomic mass is 35.5. The number of nitrogens with one attached hydrogen (secondary N) is 1. The Morgan fingerprint density at radius 1 is 1.00 bits per heavy atom. The minimum absolute atomic E-state index is 0.311. The van der Waals surface area contributed by atoms with E-state index in [2.05, 4.69) is 10.3 Å². The maximum Gasteiger partial charge on any atom is 0.344 e. The first-order valence-corrected chi connectivity index (χ1v) is 7.24. The maximum absolute atomic E-state index is 11.6. The van der Waals surface area contributed by atoms with E-state index in [1.165, 1.54) is 12.3 Å². The first-order valence-electron chi connectivity index (χ1n) is 6.48. The number of ether oxygens (including phenoxy) is 2. The number of hydrogen-bond acceptors (Lipinski definition) is 5. The monoisotopic (exact) mass is 354 g/mol. The lowest BCUT2D eigenvalue weighted by molar-refractivity contribution is -0.149. The number of nitrogens with zero attached hydrogens (tertiary/aromatic N) is 1. The summed E-state index contributed by atoms with van der Waals surface area (Å²) in [5, 5.41) is 3.48. The van der Waals surface area contributed by atoms with Crippen molar-refractivity contribution >= 4 is 40.9 Å². The Hall–Kier alpha value is -2.31. The molecule has 23 heavy (non-hydrogen) atoms. The summed E-state index contributed by atoms with van der Waals surface area (Å²) < 4.78 is 9.98. The molecule has 2 aromatic rings. The normalized spacial score (nSPS) is 10.0. The van der Waals surface area contributed by atoms with Crippen molar-refractivity contribution in [2.75, 3.05) is 18.5 Å². The Morgan fingerprint density at radius 2 is 1.70 bits per heavy atom. The molecule has 0 aliphatic rings. The maximum atomic E-state index is 11.6. The lowest BCUT2D eigenvalue weighted by Gasteiger charge is -2.07. The Balaban J connectivity index is 1.70. The summed E-state index contributed by atoms with van der Waals surface area (Å²) in [6, 6.07) is 9.62. The van der Waals surface area contributed by atoms with E-state index in [-0.39, 0.29) is 6.61 Å². The molecule has 1 N–H and O–H groups in total. The summed E-state index contributed by atoms with van der Waals surface area (Å²) in [5.74, 6) is -0.396. The van der Waals surface area contributed by atoms with Crippen LogP contribution in [-0.4, -0.2) is 30.1 Å². The van der Waals surface area contributed by atoms with Gasteiger partial charge >= 0.3 is 5.97 Å². The molecule has 0 radical (unpaired) electrons. The third kappa shape index (κ3) is 6.14. The second kappa shape index (κ2) is 8.36. The summed E-state index contributed by atoms with van der Waals surface area (Å²) in [7, 11) is 0. The Morgan fingerprint density at radius 3 is 2.35 bits per heavy atom. The fourth-order valence-corrected chi connectivity index (χ4v) is 1.73. The number of amides is 1. The van der Waals surface area contributed by atoms with E-state index in [4.69, 9.17) is 32.7 Å². The van der Waals surface area contributed by atoms with Crippen molar-refractivity contribution in [1.29, 1.82) is 0 Å². The number of halogens is 2. The number of benzene rings is 1. The van der Waals surface area contributed by atoms with E-state index in [0.717, 1.165) is 0 Å². The highest BCUT2D eigenvalue weighted by Gasteiger charge is 2.09. The molecule has 0 aliphatic heterocycles. The van der Waals surface area contributed by atoms with Crippen LogP contribution < -0.4 is 10.1 Å². The largest absolute Gasteiger partial charge is 0.482 e. The summed E-state index contributed by atoms with van der Waals surface area (Å²) >= 11 is 11.4. The van der Waals surface area contributed by atoms with Crippen molar-refractivity contribution in [1.82, 2.24) is 4.98 Å². The molecule has 0 unspecified atom stereocenters. The zero-order valence-corrected chi connectivity index (χ0v) is 13.3. The SMILES string of the molecule is O=C(COC(=O)COc1ccc(Cl)cc1)Nc1ccc(Cl)cn1. The van der Waals surface area contributed by atoms with Gasteiger partial charge in [0, 0.05) is 11.2 Å². The number of pyridine rings is 1. The van der Waals surface area contributed by atoms with Crippen LogP contribution in [0.1, 0.15) is 0 Å². The van der Waals surface area contributed by atoms with Gasteiger partial charge in [0.1, 0.15) is 11.6 Å². The van der Waals surface area contributed by atoms with Crippen molar-refractivity contribution in [3.05, 3.63) is 52.6 Å². The average Bonchev–Trinajstić information content (AvgIpc) is 2.54. The Labute approximate surface area is 142 Å². The van der Waals surface area contributed by atoms with E-state index in [9.17, 15) is 9.59 Å². The molecule has 1 aromatic carbocycles. The average molecular weight is 355 g/mol. The van der Waals surface area contributed by atoms with Crippen LogP contribution in [-0.2, 0) is 14.3 Å². The standard InChI is InChI=1S/C15H12Cl2N2O4/c16-10-1-4-12(5-2-10)22-9-15(21)23-8-14(20)19-13-6-3-11(17)7-18-13/h1-7H,8-9H2,(H,18,19,20). The third-order valence-corrected chi connectivity index (χ3v) is 3.01. The van der Waals surface area contributed by atoms with Crippen LogP contribution in [0.3, 0.4) is 0 Å². The number of carbonyl (C=O) groups excluding carboxylic acids is 2. The third-order valence-electron chi connectivity index (χ3n) is 2.53. The molecule has 8 heteroatoms. The molecule has 0 bridgehead atoms. The molecule has 0 fully saturated rings. The highest BCUT2D eigenvalue weighted by molar-refractivity contribution is 6.30. The number of hydrogen-bond donors (Lipinski definition) is 1. The van der Waals surface area contributed by atoms with Crippen LogP contribution >= 0.6 is 23.2 Å². The molecule has 1 heterocycles. The predicted octanol–water partition coefficient (Wildman–Crippen LogP) is 2.95. The van der Waals surface area contributed by atoms with Gasteiger partial charge in [-0.1, -0.05) is 23.2 Å². The first kappa shape index (κ1) is 17.1. The Bertz CT molecular complexity index is 675. The lowest BCUT2D eigenvalue weighted by atomic mass is 10.3. The minimum Gasteiger partial charge on any atom is -0.482 e. The number of carbonyl (C=O) groups is 2. The fraction of sp³-hybridized carbons (Fsp3) is 0.133. The van der Waals surface area contributed by atoms with Crippen LogP contribution in [0.15, 0.2) is 42.6 Å². The number of anilines is 1. The van der Waals surface area contributed by atoms with Crippen molar-refractivity contribution in [3.8, 4) is 5.75 Å². The second-order valence-corrected chi connectivity index (χ2v) is 5.19. The van der Waals surface area contributed by atoms with E-state index < -0.39 is 18.5 Å². The van der Waals surface area contributed by atoms with Gasteiger partial charge in [0.05, 0.1) is 5.02 Å². The summed E-state index contributed by atoms with van der Waals surface area (Å²) in [6.45, 7) is -0.749. The van der Waals surface area contributed by atoms with Gasteiger partial charge in [0.15, 0.2) is 13.2 Å². The van der Waals surface area contributed by atoms with Crippen molar-refractivity contribution < 1.29 is 19.1 Å². The van der Waals surface area contributed by atoms with E-state index >= 15 is 0 Å². The molecule has 0 atom stereocenters. The second-order valence-electron chi connectivity index (χ2n) is 4.31. The van der Waals surface area contributed by atoms with Gasteiger partial charge in [-0.15, -0.1) is 0 Å². The Kier molecular flexibility index (Phi) is 6.19. The molecule has 1 amide bonds. The molecular weight excluding hydrogens is 343 g/mol. The minimum atomic E-state index is -0.667. The van der Waals surface area contributed by atoms with Gasteiger partial charge in [-0.2, -0.15) is 0 Å².